The molecule has 1 aromatic carbocycles. The predicted octanol–water partition coefficient (Wildman–Crippen LogP) is 3.91. The first-order valence-corrected chi connectivity index (χ1v) is 9.68. The van der Waals surface area contributed by atoms with Gasteiger partial charge in [-0.05, 0) is 53.9 Å². The van der Waals surface area contributed by atoms with E-state index in [4.69, 9.17) is 5.73 Å². The Bertz CT molecular complexity index is 854. The number of fused-ring (bicyclic) bond motifs is 2. The molecule has 5 heteroatoms. The minimum absolute atomic E-state index is 0.171. The Kier molecular flexibility index (Phi) is 3.89. The molecule has 0 bridgehead atoms. The van der Waals surface area contributed by atoms with E-state index in [1.807, 2.05) is 6.07 Å². The maximum Gasteiger partial charge on any atom is 0.337 e. The van der Waals surface area contributed by atoms with Gasteiger partial charge in [-0.25, -0.2) is 4.79 Å². The number of carbonyl (C=O) groups is 1. The molecule has 0 unspecified atom stereocenters. The van der Waals surface area contributed by atoms with E-state index in [2.05, 4.69) is 30.9 Å². The van der Waals surface area contributed by atoms with E-state index in [-0.39, 0.29) is 5.41 Å². The minimum Gasteiger partial charge on any atom is -0.478 e. The second kappa shape index (κ2) is 5.85. The van der Waals surface area contributed by atoms with Gasteiger partial charge in [0.15, 0.2) is 0 Å². The van der Waals surface area contributed by atoms with Crippen LogP contribution in [0.4, 0.5) is 5.69 Å². The lowest BCUT2D eigenvalue weighted by Crippen LogP contribution is -2.27. The van der Waals surface area contributed by atoms with E-state index >= 15 is 0 Å². The molecule has 0 radical (unpaired) electrons. The zero-order chi connectivity index (χ0) is 17.8. The van der Waals surface area contributed by atoms with Crippen LogP contribution in [0, 0.1) is 5.41 Å². The van der Waals surface area contributed by atoms with Crippen molar-refractivity contribution in [3.8, 4) is 10.4 Å². The molecule has 3 N–H and O–H groups in total. The number of aromatic carboxylic acids is 1. The highest BCUT2D eigenvalue weighted by Crippen LogP contribution is 2.47. The van der Waals surface area contributed by atoms with Crippen molar-refractivity contribution < 1.29 is 9.90 Å². The highest BCUT2D eigenvalue weighted by Gasteiger charge is 2.34. The molecule has 2 aromatic rings. The summed E-state index contributed by atoms with van der Waals surface area (Å²) < 4.78 is 0. The highest BCUT2D eigenvalue weighted by atomic mass is 32.1. The van der Waals surface area contributed by atoms with Crippen molar-refractivity contribution in [3.63, 3.8) is 0 Å². The summed E-state index contributed by atoms with van der Waals surface area (Å²) in [6, 6.07) is 6.19. The van der Waals surface area contributed by atoms with E-state index in [1.165, 1.54) is 10.4 Å². The molecule has 0 spiro atoms. The number of aryl methyl sites for hydroxylation is 1. The van der Waals surface area contributed by atoms with Gasteiger partial charge in [0, 0.05) is 22.0 Å². The molecule has 0 saturated heterocycles. The van der Waals surface area contributed by atoms with Gasteiger partial charge in [-0.15, -0.1) is 11.3 Å². The monoisotopic (exact) mass is 356 g/mol. The summed E-state index contributed by atoms with van der Waals surface area (Å²) in [6.07, 6.45) is 3.88. The van der Waals surface area contributed by atoms with Gasteiger partial charge in [0.25, 0.3) is 0 Å². The Morgan fingerprint density at radius 3 is 2.84 bits per heavy atom. The number of anilines is 1. The van der Waals surface area contributed by atoms with E-state index < -0.39 is 5.97 Å². The molecule has 1 aliphatic heterocycles. The summed E-state index contributed by atoms with van der Waals surface area (Å²) in [6.45, 7) is 5.87. The number of hydrogen-bond donors (Lipinski definition) is 2. The first-order chi connectivity index (χ1) is 11.9. The van der Waals surface area contributed by atoms with Crippen molar-refractivity contribution in [1.82, 2.24) is 0 Å². The third-order valence-electron chi connectivity index (χ3n) is 5.58. The fourth-order valence-electron chi connectivity index (χ4n) is 4.24. The van der Waals surface area contributed by atoms with Crippen molar-refractivity contribution in [2.75, 3.05) is 18.1 Å². The van der Waals surface area contributed by atoms with Crippen molar-refractivity contribution in [2.45, 2.75) is 39.5 Å². The number of benzene rings is 1. The summed E-state index contributed by atoms with van der Waals surface area (Å²) in [7, 11) is 0. The Hall–Kier alpha value is -1.85. The van der Waals surface area contributed by atoms with Crippen molar-refractivity contribution >= 4 is 23.0 Å². The molecule has 1 aromatic heterocycles. The molecular weight excluding hydrogens is 332 g/mol. The van der Waals surface area contributed by atoms with Gasteiger partial charge in [-0.2, -0.15) is 0 Å². The topological polar surface area (TPSA) is 66.6 Å². The first-order valence-electron chi connectivity index (χ1n) is 8.86. The molecule has 0 fully saturated rings. The molecule has 1 aliphatic carbocycles. The third kappa shape index (κ3) is 2.66. The summed E-state index contributed by atoms with van der Waals surface area (Å²) in [5.41, 5.74) is 11.1. The normalized spacial score (nSPS) is 18.1. The van der Waals surface area contributed by atoms with Crippen LogP contribution in [-0.4, -0.2) is 24.3 Å². The van der Waals surface area contributed by atoms with Gasteiger partial charge in [0.1, 0.15) is 0 Å². The molecule has 0 atom stereocenters. The van der Waals surface area contributed by atoms with Gasteiger partial charge < -0.3 is 15.7 Å². The molecule has 2 aliphatic rings. The Morgan fingerprint density at radius 1 is 1.32 bits per heavy atom. The third-order valence-corrected chi connectivity index (χ3v) is 6.90. The van der Waals surface area contributed by atoms with E-state index in [0.29, 0.717) is 12.2 Å². The van der Waals surface area contributed by atoms with Crippen LogP contribution in [0.1, 0.15) is 46.6 Å². The molecule has 0 amide bonds. The zero-order valence-electron chi connectivity index (χ0n) is 14.8. The summed E-state index contributed by atoms with van der Waals surface area (Å²) in [4.78, 5) is 16.5. The fourth-order valence-corrected chi connectivity index (χ4v) is 5.60. The molecular formula is C20H24N2O2S. The van der Waals surface area contributed by atoms with Crippen LogP contribution in [0.2, 0.25) is 0 Å². The number of hydrogen-bond acceptors (Lipinski definition) is 4. The summed E-state index contributed by atoms with van der Waals surface area (Å²) >= 11 is 1.69. The van der Waals surface area contributed by atoms with Gasteiger partial charge >= 0.3 is 5.97 Å². The standard InChI is InChI=1S/C20H24N2O2S/c1-20(2)8-6-16-14(10-20)17(19(23)24)18(25-16)13-4-3-5-15-12(13)7-9-22(15)11-21/h3-5H,6-11,21H2,1-2H3,(H,23,24). The van der Waals surface area contributed by atoms with Gasteiger partial charge in [0.05, 0.1) is 12.2 Å². The second-order valence-electron chi connectivity index (χ2n) is 7.85. The van der Waals surface area contributed by atoms with Crippen LogP contribution in [0.25, 0.3) is 10.4 Å². The number of nitrogens with two attached hydrogens (primary N) is 1. The number of rotatable bonds is 3. The lowest BCUT2D eigenvalue weighted by Gasteiger charge is -2.29. The Balaban J connectivity index is 1.90. The van der Waals surface area contributed by atoms with Crippen molar-refractivity contribution in [2.24, 2.45) is 11.1 Å². The summed E-state index contributed by atoms with van der Waals surface area (Å²) in [5, 5.41) is 9.97. The van der Waals surface area contributed by atoms with E-state index in [0.717, 1.165) is 53.9 Å². The van der Waals surface area contributed by atoms with Crippen LogP contribution >= 0.6 is 11.3 Å². The smallest absolute Gasteiger partial charge is 0.337 e. The molecule has 25 heavy (non-hydrogen) atoms. The number of carboxylic acids is 1. The molecule has 2 heterocycles. The van der Waals surface area contributed by atoms with Crippen LogP contribution in [-0.2, 0) is 19.3 Å². The molecule has 4 rings (SSSR count). The molecule has 0 saturated carbocycles. The zero-order valence-corrected chi connectivity index (χ0v) is 15.6. The van der Waals surface area contributed by atoms with Gasteiger partial charge in [-0.3, -0.25) is 0 Å². The number of nitrogens with zero attached hydrogens (tertiary/aromatic N) is 1. The van der Waals surface area contributed by atoms with Crippen LogP contribution < -0.4 is 10.6 Å². The maximum absolute atomic E-state index is 12.1. The Morgan fingerprint density at radius 2 is 2.12 bits per heavy atom. The number of carboxylic acid groups (broad SMARTS) is 1. The average molecular weight is 356 g/mol. The number of thiophene rings is 1. The second-order valence-corrected chi connectivity index (χ2v) is 8.96. The highest BCUT2D eigenvalue weighted by molar-refractivity contribution is 7.16. The van der Waals surface area contributed by atoms with Crippen LogP contribution in [0.15, 0.2) is 18.2 Å². The SMILES string of the molecule is CC1(C)CCc2sc(-c3cccc4c3CCN4CN)c(C(=O)O)c2C1. The van der Waals surface area contributed by atoms with Gasteiger partial charge in [0.2, 0.25) is 0 Å². The van der Waals surface area contributed by atoms with E-state index in [9.17, 15) is 9.90 Å². The average Bonchev–Trinajstić information content (AvgIpc) is 3.14. The van der Waals surface area contributed by atoms with Crippen LogP contribution in [0.5, 0.6) is 0 Å². The van der Waals surface area contributed by atoms with Crippen molar-refractivity contribution in [1.29, 1.82) is 0 Å². The first kappa shape index (κ1) is 16.6. The maximum atomic E-state index is 12.1. The molecule has 132 valence electrons. The lowest BCUT2D eigenvalue weighted by molar-refractivity contribution is 0.0696. The van der Waals surface area contributed by atoms with Gasteiger partial charge in [-0.1, -0.05) is 26.0 Å². The van der Waals surface area contributed by atoms with Crippen molar-refractivity contribution in [3.05, 3.63) is 39.8 Å². The largest absolute Gasteiger partial charge is 0.478 e. The Labute approximate surface area is 152 Å². The lowest BCUT2D eigenvalue weighted by atomic mass is 9.76. The minimum atomic E-state index is -0.795. The van der Waals surface area contributed by atoms with E-state index in [1.54, 1.807) is 11.3 Å². The fraction of sp³-hybridized carbons (Fsp3) is 0.450. The molecule has 4 nitrogen and oxygen atoms in total. The predicted molar refractivity (Wildman–Crippen MR) is 103 cm³/mol. The summed E-state index contributed by atoms with van der Waals surface area (Å²) in [5.74, 6) is -0.795. The quantitative estimate of drug-likeness (QED) is 0.875. The van der Waals surface area contributed by atoms with Crippen LogP contribution in [0.3, 0.4) is 0 Å².